The van der Waals surface area contributed by atoms with E-state index in [9.17, 15) is 4.79 Å². The van der Waals surface area contributed by atoms with Crippen molar-refractivity contribution < 1.29 is 9.53 Å². The van der Waals surface area contributed by atoms with Crippen LogP contribution in [0.4, 0.5) is 5.95 Å². The van der Waals surface area contributed by atoms with Gasteiger partial charge < -0.3 is 10.1 Å². The van der Waals surface area contributed by atoms with Gasteiger partial charge in [-0.2, -0.15) is 0 Å². The van der Waals surface area contributed by atoms with Crippen molar-refractivity contribution in [1.29, 1.82) is 0 Å². The Bertz CT molecular complexity index is 580. The number of nitrogens with zero attached hydrogens (tertiary/aromatic N) is 2. The Labute approximate surface area is 131 Å². The summed E-state index contributed by atoms with van der Waals surface area (Å²) in [6.07, 6.45) is 6.84. The maximum absolute atomic E-state index is 11.9. The zero-order valence-electron chi connectivity index (χ0n) is 13.8. The quantitative estimate of drug-likeness (QED) is 0.869. The molecule has 1 heterocycles. The molecule has 2 saturated carbocycles. The van der Waals surface area contributed by atoms with Crippen LogP contribution in [-0.4, -0.2) is 29.1 Å². The van der Waals surface area contributed by atoms with Gasteiger partial charge in [0.2, 0.25) is 5.95 Å². The molecule has 0 spiro atoms. The summed E-state index contributed by atoms with van der Waals surface area (Å²) in [6.45, 7) is 6.13. The number of carbonyl (C=O) groups excluding carboxylic acids is 1. The van der Waals surface area contributed by atoms with Crippen LogP contribution in [0.15, 0.2) is 6.20 Å². The van der Waals surface area contributed by atoms with Crippen LogP contribution in [0, 0.1) is 11.8 Å². The van der Waals surface area contributed by atoms with Gasteiger partial charge in [0.05, 0.1) is 12.8 Å². The van der Waals surface area contributed by atoms with Crippen molar-refractivity contribution >= 4 is 11.9 Å². The fourth-order valence-corrected chi connectivity index (χ4v) is 3.87. The summed E-state index contributed by atoms with van der Waals surface area (Å²) in [6, 6.07) is 0.482. The molecule has 1 N–H and O–H groups in total. The van der Waals surface area contributed by atoms with Crippen molar-refractivity contribution in [1.82, 2.24) is 9.97 Å². The van der Waals surface area contributed by atoms with Crippen LogP contribution < -0.4 is 5.32 Å². The highest BCUT2D eigenvalue weighted by atomic mass is 16.5. The average molecular weight is 303 g/mol. The zero-order chi connectivity index (χ0) is 15.9. The number of ether oxygens (including phenoxy) is 1. The number of esters is 1. The molecule has 3 rings (SSSR count). The molecule has 2 bridgehead atoms. The minimum Gasteiger partial charge on any atom is -0.465 e. The first-order valence-electron chi connectivity index (χ1n) is 8.11. The summed E-state index contributed by atoms with van der Waals surface area (Å²) in [5.41, 5.74) is 0.950. The van der Waals surface area contributed by atoms with E-state index in [2.05, 4.69) is 15.3 Å². The molecule has 5 heteroatoms. The number of anilines is 1. The van der Waals surface area contributed by atoms with Gasteiger partial charge in [-0.15, -0.1) is 0 Å². The molecular weight excluding hydrogens is 278 g/mol. The molecule has 0 amide bonds. The van der Waals surface area contributed by atoms with Gasteiger partial charge in [0.1, 0.15) is 5.56 Å². The third-order valence-corrected chi connectivity index (χ3v) is 4.96. The largest absolute Gasteiger partial charge is 0.465 e. The Kier molecular flexibility index (Phi) is 3.83. The maximum Gasteiger partial charge on any atom is 0.341 e. The highest BCUT2D eigenvalue weighted by Gasteiger charge is 2.40. The lowest BCUT2D eigenvalue weighted by Crippen LogP contribution is -2.28. The van der Waals surface area contributed by atoms with Crippen LogP contribution in [-0.2, 0) is 10.2 Å². The normalized spacial score (nSPS) is 27.0. The number of methoxy groups -OCH3 is 1. The number of rotatable bonds is 3. The topological polar surface area (TPSA) is 64.1 Å². The Morgan fingerprint density at radius 3 is 2.64 bits per heavy atom. The van der Waals surface area contributed by atoms with Crippen LogP contribution in [0.3, 0.4) is 0 Å². The van der Waals surface area contributed by atoms with Gasteiger partial charge in [0.25, 0.3) is 0 Å². The lowest BCUT2D eigenvalue weighted by atomic mass is 9.89. The predicted molar refractivity (Wildman–Crippen MR) is 84.9 cm³/mol. The van der Waals surface area contributed by atoms with Crippen molar-refractivity contribution in [2.75, 3.05) is 12.4 Å². The van der Waals surface area contributed by atoms with E-state index < -0.39 is 0 Å². The monoisotopic (exact) mass is 303 g/mol. The van der Waals surface area contributed by atoms with Crippen molar-refractivity contribution in [3.63, 3.8) is 0 Å². The van der Waals surface area contributed by atoms with Gasteiger partial charge in [0, 0.05) is 17.7 Å². The number of fused-ring (bicyclic) bond motifs is 2. The highest BCUT2D eigenvalue weighted by molar-refractivity contribution is 5.90. The third-order valence-electron chi connectivity index (χ3n) is 4.96. The van der Waals surface area contributed by atoms with E-state index in [1.807, 2.05) is 20.8 Å². The smallest absolute Gasteiger partial charge is 0.341 e. The second kappa shape index (κ2) is 5.52. The van der Waals surface area contributed by atoms with Crippen LogP contribution in [0.1, 0.15) is 62.5 Å². The van der Waals surface area contributed by atoms with Crippen LogP contribution >= 0.6 is 0 Å². The van der Waals surface area contributed by atoms with Crippen LogP contribution in [0.2, 0.25) is 0 Å². The number of aromatic nitrogens is 2. The molecule has 5 nitrogen and oxygen atoms in total. The van der Waals surface area contributed by atoms with Gasteiger partial charge in [-0.1, -0.05) is 27.2 Å². The van der Waals surface area contributed by atoms with Crippen molar-refractivity contribution in [3.05, 3.63) is 17.5 Å². The first-order valence-corrected chi connectivity index (χ1v) is 8.11. The van der Waals surface area contributed by atoms with Gasteiger partial charge >= 0.3 is 5.97 Å². The Morgan fingerprint density at radius 2 is 2.09 bits per heavy atom. The van der Waals surface area contributed by atoms with E-state index in [1.165, 1.54) is 32.8 Å². The first kappa shape index (κ1) is 15.3. The molecule has 0 unspecified atom stereocenters. The summed E-state index contributed by atoms with van der Waals surface area (Å²) >= 11 is 0. The highest BCUT2D eigenvalue weighted by Crippen LogP contribution is 2.45. The number of carbonyl (C=O) groups is 1. The van der Waals surface area contributed by atoms with Gasteiger partial charge in [-0.05, 0) is 31.1 Å². The molecule has 2 aliphatic rings. The third kappa shape index (κ3) is 2.81. The second-order valence-electron chi connectivity index (χ2n) is 7.62. The molecule has 0 radical (unpaired) electrons. The number of nitrogens with one attached hydrogen (secondary N) is 1. The molecule has 22 heavy (non-hydrogen) atoms. The molecule has 0 aliphatic heterocycles. The van der Waals surface area contributed by atoms with Gasteiger partial charge in [-0.3, -0.25) is 0 Å². The van der Waals surface area contributed by atoms with Crippen molar-refractivity contribution in [2.24, 2.45) is 11.8 Å². The van der Waals surface area contributed by atoms with Gasteiger partial charge in [0.15, 0.2) is 0 Å². The SMILES string of the molecule is COC(=O)c1cnc(N[C@@H]2C[C@@H]3CC[C@H]2C3)nc1C(C)(C)C. The van der Waals surface area contributed by atoms with E-state index in [4.69, 9.17) is 4.74 Å². The Hall–Kier alpha value is -1.65. The molecule has 120 valence electrons. The fourth-order valence-electron chi connectivity index (χ4n) is 3.87. The Morgan fingerprint density at radius 1 is 1.32 bits per heavy atom. The van der Waals surface area contributed by atoms with Crippen molar-refractivity contribution in [2.45, 2.75) is 57.9 Å². The molecule has 2 aliphatic carbocycles. The van der Waals surface area contributed by atoms with Crippen LogP contribution in [0.5, 0.6) is 0 Å². The Balaban J connectivity index is 1.85. The van der Waals surface area contributed by atoms with E-state index >= 15 is 0 Å². The van der Waals surface area contributed by atoms with Crippen LogP contribution in [0.25, 0.3) is 0 Å². The van der Waals surface area contributed by atoms with Gasteiger partial charge in [-0.25, -0.2) is 14.8 Å². The fraction of sp³-hybridized carbons (Fsp3) is 0.706. The molecule has 3 atom stereocenters. The number of hydrogen-bond acceptors (Lipinski definition) is 5. The zero-order valence-corrected chi connectivity index (χ0v) is 13.8. The lowest BCUT2D eigenvalue weighted by Gasteiger charge is -2.25. The maximum atomic E-state index is 11.9. The predicted octanol–water partition coefficient (Wildman–Crippen LogP) is 3.16. The molecule has 2 fully saturated rings. The summed E-state index contributed by atoms with van der Waals surface area (Å²) < 4.78 is 4.85. The minimum absolute atomic E-state index is 0.239. The van der Waals surface area contributed by atoms with E-state index in [0.29, 0.717) is 17.6 Å². The molecule has 1 aromatic rings. The summed E-state index contributed by atoms with van der Waals surface area (Å²) in [4.78, 5) is 20.9. The summed E-state index contributed by atoms with van der Waals surface area (Å²) in [5, 5.41) is 3.49. The minimum atomic E-state index is -0.378. The molecule has 1 aromatic heterocycles. The summed E-state index contributed by atoms with van der Waals surface area (Å²) in [7, 11) is 1.39. The van der Waals surface area contributed by atoms with Crippen molar-refractivity contribution in [3.8, 4) is 0 Å². The molecule has 0 aromatic carbocycles. The summed E-state index contributed by atoms with van der Waals surface area (Å²) in [5.74, 6) is 1.89. The number of hydrogen-bond donors (Lipinski definition) is 1. The lowest BCUT2D eigenvalue weighted by molar-refractivity contribution is 0.0596. The second-order valence-corrected chi connectivity index (χ2v) is 7.62. The molecular formula is C17H25N3O2. The van der Waals surface area contributed by atoms with E-state index in [1.54, 1.807) is 6.20 Å². The van der Waals surface area contributed by atoms with E-state index in [0.717, 1.165) is 17.5 Å². The van der Waals surface area contributed by atoms with E-state index in [-0.39, 0.29) is 11.4 Å². The standard InChI is InChI=1S/C17H25N3O2/c1-17(2,3)14-12(15(21)22-4)9-18-16(20-14)19-13-8-10-5-6-11(13)7-10/h9-11,13H,5-8H2,1-4H3,(H,18,19,20)/t10-,11+,13-/m1/s1. The first-order chi connectivity index (χ1) is 10.4. The average Bonchev–Trinajstić information content (AvgIpc) is 3.08. The molecule has 0 saturated heterocycles.